The van der Waals surface area contributed by atoms with Crippen molar-refractivity contribution in [1.29, 1.82) is 0 Å². The lowest BCUT2D eigenvalue weighted by Gasteiger charge is -2.35. The Morgan fingerprint density at radius 1 is 1.36 bits per heavy atom. The average Bonchev–Trinajstić information content (AvgIpc) is 2.96. The van der Waals surface area contributed by atoms with Gasteiger partial charge in [-0.15, -0.1) is 24.8 Å². The van der Waals surface area contributed by atoms with E-state index in [2.05, 4.69) is 23.9 Å². The zero-order chi connectivity index (χ0) is 16.6. The Balaban J connectivity index is 0.00000156. The second kappa shape index (κ2) is 8.83. The number of piperidine rings is 1. The molecule has 0 saturated carbocycles. The molecule has 140 valence electrons. The summed E-state index contributed by atoms with van der Waals surface area (Å²) in [5.41, 5.74) is 8.11. The number of nitrogens with zero attached hydrogens (tertiary/aromatic N) is 4. The molecule has 0 spiro atoms. The van der Waals surface area contributed by atoms with Crippen LogP contribution in [0.2, 0.25) is 0 Å². The van der Waals surface area contributed by atoms with Gasteiger partial charge in [0.25, 0.3) is 5.91 Å². The van der Waals surface area contributed by atoms with Crippen LogP contribution in [0.5, 0.6) is 0 Å². The number of rotatable bonds is 3. The summed E-state index contributed by atoms with van der Waals surface area (Å²) in [7, 11) is 0. The smallest absolute Gasteiger partial charge is 0.256 e. The van der Waals surface area contributed by atoms with E-state index in [0.717, 1.165) is 42.5 Å². The molecule has 1 aliphatic heterocycles. The summed E-state index contributed by atoms with van der Waals surface area (Å²) >= 11 is 0. The number of carbonyl (C=O) groups excluding carboxylic acids is 1. The number of aromatic nitrogens is 3. The molecule has 1 aliphatic rings. The maximum atomic E-state index is 13.0. The van der Waals surface area contributed by atoms with E-state index in [1.54, 1.807) is 6.20 Å². The second-order valence-electron chi connectivity index (χ2n) is 6.60. The number of fused-ring (bicyclic) bond motifs is 1. The van der Waals surface area contributed by atoms with Crippen LogP contribution in [-0.2, 0) is 0 Å². The molecule has 1 amide bonds. The standard InChI is InChI=1S/C17H25N5O.2ClH/c1-11(2)22-16-13(10-19-22)8-15(12(3)20-16)17(23)21-7-5-4-6-14(21)9-18;;/h8,10-11,14H,4-7,9,18H2,1-3H3;2*1H. The molecule has 1 fully saturated rings. The zero-order valence-corrected chi connectivity index (χ0v) is 16.6. The lowest BCUT2D eigenvalue weighted by atomic mass is 10.0. The van der Waals surface area contributed by atoms with Crippen LogP contribution in [0.15, 0.2) is 12.3 Å². The molecule has 6 nitrogen and oxygen atoms in total. The summed E-state index contributed by atoms with van der Waals surface area (Å²) in [6.07, 6.45) is 4.96. The molecular formula is C17H27Cl2N5O. The van der Waals surface area contributed by atoms with Gasteiger partial charge in [0.1, 0.15) is 0 Å². The molecule has 0 aliphatic carbocycles. The van der Waals surface area contributed by atoms with Crippen LogP contribution in [0.3, 0.4) is 0 Å². The third-order valence-corrected chi connectivity index (χ3v) is 4.64. The Labute approximate surface area is 161 Å². The van der Waals surface area contributed by atoms with Crippen molar-refractivity contribution in [2.45, 2.75) is 52.1 Å². The number of hydrogen-bond acceptors (Lipinski definition) is 4. The van der Waals surface area contributed by atoms with Crippen molar-refractivity contribution in [3.05, 3.63) is 23.5 Å². The van der Waals surface area contributed by atoms with Gasteiger partial charge in [-0.25, -0.2) is 9.67 Å². The minimum absolute atomic E-state index is 0. The summed E-state index contributed by atoms with van der Waals surface area (Å²) in [5.74, 6) is 0.0457. The molecule has 2 aromatic rings. The lowest BCUT2D eigenvalue weighted by molar-refractivity contribution is 0.0622. The summed E-state index contributed by atoms with van der Waals surface area (Å²) < 4.78 is 1.89. The van der Waals surface area contributed by atoms with E-state index in [9.17, 15) is 4.79 Å². The van der Waals surface area contributed by atoms with E-state index < -0.39 is 0 Å². The van der Waals surface area contributed by atoms with E-state index in [1.165, 1.54) is 0 Å². The molecule has 1 atom stereocenters. The van der Waals surface area contributed by atoms with Crippen LogP contribution in [0.25, 0.3) is 11.0 Å². The molecule has 2 N–H and O–H groups in total. The maximum absolute atomic E-state index is 13.0. The van der Waals surface area contributed by atoms with Crippen LogP contribution in [-0.4, -0.2) is 44.7 Å². The monoisotopic (exact) mass is 387 g/mol. The molecule has 3 heterocycles. The quantitative estimate of drug-likeness (QED) is 0.877. The Hall–Kier alpha value is -1.37. The lowest BCUT2D eigenvalue weighted by Crippen LogP contribution is -2.47. The molecule has 3 rings (SSSR count). The van der Waals surface area contributed by atoms with Crippen molar-refractivity contribution in [1.82, 2.24) is 19.7 Å². The highest BCUT2D eigenvalue weighted by atomic mass is 35.5. The number of amides is 1. The first kappa shape index (κ1) is 21.7. The molecular weight excluding hydrogens is 361 g/mol. The fourth-order valence-corrected chi connectivity index (χ4v) is 3.33. The number of nitrogens with two attached hydrogens (primary N) is 1. The minimum atomic E-state index is 0. The summed E-state index contributed by atoms with van der Waals surface area (Å²) in [6.45, 7) is 7.34. The highest BCUT2D eigenvalue weighted by molar-refractivity contribution is 5.98. The topological polar surface area (TPSA) is 77.0 Å². The van der Waals surface area contributed by atoms with Gasteiger partial charge in [-0.1, -0.05) is 0 Å². The Kier molecular flexibility index (Phi) is 7.65. The SMILES string of the molecule is Cc1nc2c(cnn2C(C)C)cc1C(=O)N1CCCCC1CN.Cl.Cl. The molecule has 2 aromatic heterocycles. The van der Waals surface area contributed by atoms with Gasteiger partial charge >= 0.3 is 0 Å². The summed E-state index contributed by atoms with van der Waals surface area (Å²) in [6, 6.07) is 2.31. The first-order chi connectivity index (χ1) is 11.0. The van der Waals surface area contributed by atoms with E-state index in [-0.39, 0.29) is 42.8 Å². The number of halogens is 2. The summed E-state index contributed by atoms with van der Waals surface area (Å²) in [5, 5.41) is 5.30. The van der Waals surface area contributed by atoms with E-state index in [0.29, 0.717) is 12.1 Å². The van der Waals surface area contributed by atoms with Crippen molar-refractivity contribution in [2.24, 2.45) is 5.73 Å². The zero-order valence-electron chi connectivity index (χ0n) is 14.9. The van der Waals surface area contributed by atoms with Crippen molar-refractivity contribution >= 4 is 41.8 Å². The third-order valence-electron chi connectivity index (χ3n) is 4.64. The van der Waals surface area contributed by atoms with Gasteiger partial charge in [0.05, 0.1) is 17.5 Å². The van der Waals surface area contributed by atoms with Gasteiger partial charge in [0, 0.05) is 30.6 Å². The Bertz CT molecular complexity index is 731. The van der Waals surface area contributed by atoms with Crippen LogP contribution in [0.4, 0.5) is 0 Å². The fourth-order valence-electron chi connectivity index (χ4n) is 3.33. The predicted molar refractivity (Wildman–Crippen MR) is 105 cm³/mol. The minimum Gasteiger partial charge on any atom is -0.334 e. The second-order valence-corrected chi connectivity index (χ2v) is 6.60. The average molecular weight is 388 g/mol. The van der Waals surface area contributed by atoms with Gasteiger partial charge in [0.15, 0.2) is 5.65 Å². The van der Waals surface area contributed by atoms with Crippen LogP contribution in [0.1, 0.15) is 55.2 Å². The molecule has 25 heavy (non-hydrogen) atoms. The first-order valence-electron chi connectivity index (χ1n) is 8.38. The number of hydrogen-bond donors (Lipinski definition) is 1. The molecule has 0 aromatic carbocycles. The Morgan fingerprint density at radius 3 is 2.72 bits per heavy atom. The molecule has 8 heteroatoms. The van der Waals surface area contributed by atoms with Gasteiger partial charge in [0.2, 0.25) is 0 Å². The predicted octanol–water partition coefficient (Wildman–Crippen LogP) is 3.12. The van der Waals surface area contributed by atoms with Gasteiger partial charge in [-0.3, -0.25) is 4.79 Å². The highest BCUT2D eigenvalue weighted by Gasteiger charge is 2.28. The van der Waals surface area contributed by atoms with Crippen molar-refractivity contribution in [2.75, 3.05) is 13.1 Å². The number of pyridine rings is 1. The number of aryl methyl sites for hydroxylation is 1. The van der Waals surface area contributed by atoms with Crippen molar-refractivity contribution in [3.63, 3.8) is 0 Å². The molecule has 1 unspecified atom stereocenters. The molecule has 0 bridgehead atoms. The first-order valence-corrected chi connectivity index (χ1v) is 8.38. The summed E-state index contributed by atoms with van der Waals surface area (Å²) in [4.78, 5) is 19.5. The van der Waals surface area contributed by atoms with Crippen molar-refractivity contribution in [3.8, 4) is 0 Å². The fraction of sp³-hybridized carbons (Fsp3) is 0.588. The maximum Gasteiger partial charge on any atom is 0.256 e. The van der Waals surface area contributed by atoms with Crippen LogP contribution < -0.4 is 5.73 Å². The highest BCUT2D eigenvalue weighted by Crippen LogP contribution is 2.23. The molecule has 0 radical (unpaired) electrons. The normalized spacial score (nSPS) is 17.3. The third kappa shape index (κ3) is 4.07. The van der Waals surface area contributed by atoms with Crippen LogP contribution >= 0.6 is 24.8 Å². The Morgan fingerprint density at radius 2 is 2.08 bits per heavy atom. The van der Waals surface area contributed by atoms with Crippen molar-refractivity contribution < 1.29 is 4.79 Å². The number of carbonyl (C=O) groups is 1. The van der Waals surface area contributed by atoms with Gasteiger partial charge < -0.3 is 10.6 Å². The molecule has 1 saturated heterocycles. The van der Waals surface area contributed by atoms with E-state index in [1.807, 2.05) is 22.6 Å². The largest absolute Gasteiger partial charge is 0.334 e. The van der Waals surface area contributed by atoms with E-state index in [4.69, 9.17) is 5.73 Å². The van der Waals surface area contributed by atoms with E-state index >= 15 is 0 Å². The number of likely N-dealkylation sites (tertiary alicyclic amines) is 1. The van der Waals surface area contributed by atoms with Crippen LogP contribution in [0, 0.1) is 6.92 Å². The van der Waals surface area contributed by atoms with Gasteiger partial charge in [-0.2, -0.15) is 5.10 Å². The van der Waals surface area contributed by atoms with Gasteiger partial charge in [-0.05, 0) is 46.1 Å².